The molecule has 0 saturated heterocycles. The van der Waals surface area contributed by atoms with Gasteiger partial charge < -0.3 is 5.32 Å². The lowest BCUT2D eigenvalue weighted by atomic mass is 9.99. The summed E-state index contributed by atoms with van der Waals surface area (Å²) in [6.07, 6.45) is 3.00. The molecule has 0 spiro atoms. The van der Waals surface area contributed by atoms with Crippen molar-refractivity contribution >= 4 is 33.8 Å². The first kappa shape index (κ1) is 19.7. The van der Waals surface area contributed by atoms with Crippen LogP contribution in [-0.2, 0) is 11.2 Å². The van der Waals surface area contributed by atoms with Crippen molar-refractivity contribution in [1.82, 2.24) is 4.98 Å². The lowest BCUT2D eigenvalue weighted by Gasteiger charge is -2.15. The second-order valence-electron chi connectivity index (χ2n) is 6.74. The van der Waals surface area contributed by atoms with E-state index in [1.54, 1.807) is 13.0 Å². The normalized spacial score (nSPS) is 10.8. The molecule has 28 heavy (non-hydrogen) atoms. The molecule has 1 N–H and O–H groups in total. The number of rotatable bonds is 8. The van der Waals surface area contributed by atoms with Crippen molar-refractivity contribution in [3.63, 3.8) is 0 Å². The first-order valence-electron chi connectivity index (χ1n) is 9.51. The summed E-state index contributed by atoms with van der Waals surface area (Å²) < 4.78 is 14.5. The SMILES string of the molecule is CCCC(=O)Cc1cc2c(Nc3ccccc3)c(C(=O)CC)cnc2cc1F. The zero-order valence-corrected chi connectivity index (χ0v) is 16.1. The number of hydrogen-bond acceptors (Lipinski definition) is 4. The molecule has 3 rings (SSSR count). The van der Waals surface area contributed by atoms with Gasteiger partial charge in [-0.3, -0.25) is 14.6 Å². The van der Waals surface area contributed by atoms with E-state index in [0.717, 1.165) is 12.1 Å². The number of Topliss-reactive ketones (excluding diaryl/α,β-unsaturated/α-hetero) is 2. The third-order valence-electron chi connectivity index (χ3n) is 4.62. The summed E-state index contributed by atoms with van der Waals surface area (Å²) in [7, 11) is 0. The van der Waals surface area contributed by atoms with Crippen LogP contribution < -0.4 is 5.32 Å². The molecule has 1 heterocycles. The van der Waals surface area contributed by atoms with Crippen molar-refractivity contribution in [2.24, 2.45) is 0 Å². The standard InChI is InChI=1S/C23H23FN2O2/c1-3-8-17(27)11-15-12-18-21(13-20(15)24)25-14-19(22(28)4-2)23(18)26-16-9-6-5-7-10-16/h5-7,9-10,12-14H,3-4,8,11H2,1-2H3,(H,25,26). The number of pyridine rings is 1. The molecule has 0 unspecified atom stereocenters. The number of nitrogens with one attached hydrogen (secondary N) is 1. The van der Waals surface area contributed by atoms with Crippen LogP contribution in [0.4, 0.5) is 15.8 Å². The van der Waals surface area contributed by atoms with E-state index in [1.807, 2.05) is 37.3 Å². The molecule has 0 aliphatic rings. The number of carbonyl (C=O) groups is 2. The minimum atomic E-state index is -0.454. The lowest BCUT2D eigenvalue weighted by Crippen LogP contribution is -2.07. The Kier molecular flexibility index (Phi) is 6.14. The predicted octanol–water partition coefficient (Wildman–Crippen LogP) is 5.62. The van der Waals surface area contributed by atoms with Crippen LogP contribution in [0.1, 0.15) is 49.0 Å². The summed E-state index contributed by atoms with van der Waals surface area (Å²) in [6, 6.07) is 12.4. The van der Waals surface area contributed by atoms with E-state index in [9.17, 15) is 14.0 Å². The van der Waals surface area contributed by atoms with Gasteiger partial charge in [-0.1, -0.05) is 32.0 Å². The van der Waals surface area contributed by atoms with Gasteiger partial charge in [-0.25, -0.2) is 4.39 Å². The smallest absolute Gasteiger partial charge is 0.166 e. The zero-order valence-electron chi connectivity index (χ0n) is 16.1. The van der Waals surface area contributed by atoms with Gasteiger partial charge in [0.2, 0.25) is 0 Å². The van der Waals surface area contributed by atoms with Gasteiger partial charge in [-0.2, -0.15) is 0 Å². The van der Waals surface area contributed by atoms with E-state index >= 15 is 0 Å². The molecule has 0 saturated carbocycles. The minimum Gasteiger partial charge on any atom is -0.354 e. The Balaban J connectivity index is 2.16. The highest BCUT2D eigenvalue weighted by molar-refractivity contribution is 6.09. The van der Waals surface area contributed by atoms with Crippen molar-refractivity contribution < 1.29 is 14.0 Å². The van der Waals surface area contributed by atoms with Gasteiger partial charge in [0.15, 0.2) is 5.78 Å². The van der Waals surface area contributed by atoms with Crippen LogP contribution in [0.2, 0.25) is 0 Å². The Morgan fingerprint density at radius 3 is 2.54 bits per heavy atom. The van der Waals surface area contributed by atoms with Gasteiger partial charge in [-0.15, -0.1) is 0 Å². The van der Waals surface area contributed by atoms with Crippen LogP contribution in [0.3, 0.4) is 0 Å². The topological polar surface area (TPSA) is 59.1 Å². The Morgan fingerprint density at radius 1 is 1.11 bits per heavy atom. The third kappa shape index (κ3) is 4.25. The van der Waals surface area contributed by atoms with E-state index in [0.29, 0.717) is 40.6 Å². The molecule has 0 atom stereocenters. The van der Waals surface area contributed by atoms with Crippen LogP contribution in [0, 0.1) is 5.82 Å². The van der Waals surface area contributed by atoms with Gasteiger partial charge in [0.1, 0.15) is 11.6 Å². The summed E-state index contributed by atoms with van der Waals surface area (Å²) in [5.41, 5.74) is 2.62. The highest BCUT2D eigenvalue weighted by atomic mass is 19.1. The van der Waals surface area contributed by atoms with E-state index in [1.165, 1.54) is 12.3 Å². The molecule has 0 aliphatic carbocycles. The molecule has 0 amide bonds. The van der Waals surface area contributed by atoms with Crippen molar-refractivity contribution in [1.29, 1.82) is 0 Å². The van der Waals surface area contributed by atoms with Crippen molar-refractivity contribution in [2.75, 3.05) is 5.32 Å². The number of aromatic nitrogens is 1. The molecule has 4 nitrogen and oxygen atoms in total. The fourth-order valence-electron chi connectivity index (χ4n) is 3.18. The van der Waals surface area contributed by atoms with Gasteiger partial charge in [0, 0.05) is 42.6 Å². The first-order valence-corrected chi connectivity index (χ1v) is 9.51. The molecule has 1 aromatic heterocycles. The van der Waals surface area contributed by atoms with E-state index < -0.39 is 5.82 Å². The van der Waals surface area contributed by atoms with Gasteiger partial charge in [0.25, 0.3) is 0 Å². The molecule has 0 fully saturated rings. The Morgan fingerprint density at radius 2 is 1.86 bits per heavy atom. The number of anilines is 2. The Hall–Kier alpha value is -3.08. The first-order chi connectivity index (χ1) is 13.5. The van der Waals surface area contributed by atoms with Crippen LogP contribution in [0.5, 0.6) is 0 Å². The number of para-hydroxylation sites is 1. The Bertz CT molecular complexity index is 1020. The van der Waals surface area contributed by atoms with Crippen LogP contribution in [0.15, 0.2) is 48.7 Å². The molecule has 3 aromatic rings. The highest BCUT2D eigenvalue weighted by Crippen LogP contribution is 2.32. The molecular formula is C23H23FN2O2. The molecule has 144 valence electrons. The number of carbonyl (C=O) groups excluding carboxylic acids is 2. The number of benzene rings is 2. The minimum absolute atomic E-state index is 0.00735. The monoisotopic (exact) mass is 378 g/mol. The van der Waals surface area contributed by atoms with Crippen LogP contribution >= 0.6 is 0 Å². The average Bonchev–Trinajstić information content (AvgIpc) is 2.69. The number of halogens is 1. The van der Waals surface area contributed by atoms with Crippen molar-refractivity contribution in [2.45, 2.75) is 39.5 Å². The Labute approximate surface area is 163 Å². The van der Waals surface area contributed by atoms with Gasteiger partial charge in [-0.05, 0) is 30.2 Å². The maximum absolute atomic E-state index is 14.5. The maximum Gasteiger partial charge on any atom is 0.166 e. The fourth-order valence-corrected chi connectivity index (χ4v) is 3.18. The summed E-state index contributed by atoms with van der Waals surface area (Å²) >= 11 is 0. The second-order valence-corrected chi connectivity index (χ2v) is 6.74. The van der Waals surface area contributed by atoms with E-state index in [2.05, 4.69) is 10.3 Å². The number of hydrogen-bond donors (Lipinski definition) is 1. The summed E-state index contributed by atoms with van der Waals surface area (Å²) in [5.74, 6) is -0.516. The van der Waals surface area contributed by atoms with E-state index in [4.69, 9.17) is 0 Å². The number of nitrogens with zero attached hydrogens (tertiary/aromatic N) is 1. The van der Waals surface area contributed by atoms with Crippen LogP contribution in [0.25, 0.3) is 10.9 Å². The van der Waals surface area contributed by atoms with Gasteiger partial charge >= 0.3 is 0 Å². The number of ketones is 2. The molecule has 0 radical (unpaired) electrons. The fraction of sp³-hybridized carbons (Fsp3) is 0.261. The molecule has 2 aromatic carbocycles. The van der Waals surface area contributed by atoms with Crippen LogP contribution in [-0.4, -0.2) is 16.6 Å². The summed E-state index contributed by atoms with van der Waals surface area (Å²) in [6.45, 7) is 3.71. The number of fused-ring (bicyclic) bond motifs is 1. The summed E-state index contributed by atoms with van der Waals surface area (Å²) in [4.78, 5) is 28.8. The van der Waals surface area contributed by atoms with Gasteiger partial charge in [0.05, 0.1) is 16.8 Å². The molecule has 0 aliphatic heterocycles. The second kappa shape index (κ2) is 8.74. The van der Waals surface area contributed by atoms with Crippen molar-refractivity contribution in [3.05, 3.63) is 65.6 Å². The average molecular weight is 378 g/mol. The maximum atomic E-state index is 14.5. The zero-order chi connectivity index (χ0) is 20.1. The van der Waals surface area contributed by atoms with Crippen molar-refractivity contribution in [3.8, 4) is 0 Å². The molecule has 5 heteroatoms. The molecular weight excluding hydrogens is 355 g/mol. The largest absolute Gasteiger partial charge is 0.354 e. The lowest BCUT2D eigenvalue weighted by molar-refractivity contribution is -0.118. The third-order valence-corrected chi connectivity index (χ3v) is 4.62. The summed E-state index contributed by atoms with van der Waals surface area (Å²) in [5, 5.41) is 3.92. The molecule has 0 bridgehead atoms. The quantitative estimate of drug-likeness (QED) is 0.517. The highest BCUT2D eigenvalue weighted by Gasteiger charge is 2.17. The van der Waals surface area contributed by atoms with E-state index in [-0.39, 0.29) is 18.0 Å². The predicted molar refractivity (Wildman–Crippen MR) is 110 cm³/mol.